The van der Waals surface area contributed by atoms with Crippen LogP contribution in [0.25, 0.3) is 0 Å². The maximum absolute atomic E-state index is 12.4. The molecule has 2 rings (SSSR count). The molecule has 0 aliphatic carbocycles. The summed E-state index contributed by atoms with van der Waals surface area (Å²) in [6.45, 7) is 4.72. The molecule has 0 saturated carbocycles. The minimum atomic E-state index is -0.185. The lowest BCUT2D eigenvalue weighted by Gasteiger charge is -2.12. The van der Waals surface area contributed by atoms with Crippen LogP contribution in [-0.2, 0) is 0 Å². The van der Waals surface area contributed by atoms with Crippen LogP contribution >= 0.6 is 15.9 Å². The van der Waals surface area contributed by atoms with Gasteiger partial charge in [-0.25, -0.2) is 0 Å². The van der Waals surface area contributed by atoms with E-state index in [1.807, 2.05) is 25.1 Å². The van der Waals surface area contributed by atoms with E-state index >= 15 is 0 Å². The predicted octanol–water partition coefficient (Wildman–Crippen LogP) is 5.20. The van der Waals surface area contributed by atoms with E-state index in [0.717, 1.165) is 28.6 Å². The van der Waals surface area contributed by atoms with Gasteiger partial charge in [0, 0.05) is 15.7 Å². The third-order valence-corrected chi connectivity index (χ3v) is 4.49. The normalized spacial score (nSPS) is 10.3. The van der Waals surface area contributed by atoms with Gasteiger partial charge in [0.15, 0.2) is 11.5 Å². The van der Waals surface area contributed by atoms with Crippen LogP contribution in [-0.4, -0.2) is 19.6 Å². The van der Waals surface area contributed by atoms with Crippen molar-refractivity contribution in [3.05, 3.63) is 52.0 Å². The van der Waals surface area contributed by atoms with Gasteiger partial charge in [0.25, 0.3) is 5.91 Å². The molecule has 2 aromatic rings. The van der Waals surface area contributed by atoms with Crippen LogP contribution in [0.1, 0.15) is 35.7 Å². The summed E-state index contributed by atoms with van der Waals surface area (Å²) >= 11 is 3.45. The lowest BCUT2D eigenvalue weighted by Crippen LogP contribution is -2.12. The van der Waals surface area contributed by atoms with Gasteiger partial charge in [-0.05, 0) is 55.3 Å². The Bertz CT molecular complexity index is 716. The van der Waals surface area contributed by atoms with E-state index in [-0.39, 0.29) is 5.91 Å². The molecule has 4 nitrogen and oxygen atoms in total. The van der Waals surface area contributed by atoms with Crippen LogP contribution in [0.15, 0.2) is 40.9 Å². The number of benzene rings is 2. The van der Waals surface area contributed by atoms with E-state index in [4.69, 9.17) is 9.47 Å². The second-order valence-electron chi connectivity index (χ2n) is 5.49. The first-order valence-corrected chi connectivity index (χ1v) is 8.72. The van der Waals surface area contributed by atoms with Crippen molar-refractivity contribution in [3.63, 3.8) is 0 Å². The molecule has 0 heterocycles. The molecule has 0 unspecified atom stereocenters. The average molecular weight is 392 g/mol. The van der Waals surface area contributed by atoms with Crippen molar-refractivity contribution < 1.29 is 14.3 Å². The Labute approximate surface area is 151 Å². The van der Waals surface area contributed by atoms with Crippen LogP contribution in [0.5, 0.6) is 11.5 Å². The SMILES string of the molecule is CCCCOc1ccc(C(=O)Nc2ccc(Br)c(C)c2)cc1OC. The standard InChI is InChI=1S/C19H22BrNO3/c1-4-5-10-24-17-9-6-14(12-18(17)23-3)19(22)21-15-7-8-16(20)13(2)11-15/h6-9,11-12H,4-5,10H2,1-3H3,(H,21,22). The predicted molar refractivity (Wildman–Crippen MR) is 100 cm³/mol. The molecule has 0 saturated heterocycles. The second kappa shape index (κ2) is 8.73. The molecule has 128 valence electrons. The maximum Gasteiger partial charge on any atom is 0.255 e. The van der Waals surface area contributed by atoms with E-state index in [1.165, 1.54) is 0 Å². The topological polar surface area (TPSA) is 47.6 Å². The molecule has 0 aromatic heterocycles. The van der Waals surface area contributed by atoms with Gasteiger partial charge in [-0.1, -0.05) is 29.3 Å². The number of hydrogen-bond donors (Lipinski definition) is 1. The summed E-state index contributed by atoms with van der Waals surface area (Å²) in [5.41, 5.74) is 2.34. The first-order valence-electron chi connectivity index (χ1n) is 7.93. The third kappa shape index (κ3) is 4.74. The number of hydrogen-bond acceptors (Lipinski definition) is 3. The van der Waals surface area contributed by atoms with Crippen molar-refractivity contribution in [2.75, 3.05) is 19.0 Å². The summed E-state index contributed by atoms with van der Waals surface area (Å²) in [4.78, 5) is 12.4. The Morgan fingerprint density at radius 2 is 1.96 bits per heavy atom. The molecule has 5 heteroatoms. The zero-order valence-corrected chi connectivity index (χ0v) is 15.8. The Kier molecular flexibility index (Phi) is 6.67. The monoisotopic (exact) mass is 391 g/mol. The maximum atomic E-state index is 12.4. The molecule has 1 N–H and O–H groups in total. The van der Waals surface area contributed by atoms with Crippen molar-refractivity contribution >= 4 is 27.5 Å². The fraction of sp³-hybridized carbons (Fsp3) is 0.316. The lowest BCUT2D eigenvalue weighted by molar-refractivity contribution is 0.102. The number of carbonyl (C=O) groups excluding carboxylic acids is 1. The minimum Gasteiger partial charge on any atom is -0.493 e. The number of ether oxygens (including phenoxy) is 2. The summed E-state index contributed by atoms with van der Waals surface area (Å²) in [6, 6.07) is 10.9. The molecule has 2 aromatic carbocycles. The average Bonchev–Trinajstić information content (AvgIpc) is 2.58. The minimum absolute atomic E-state index is 0.185. The summed E-state index contributed by atoms with van der Waals surface area (Å²) in [6.07, 6.45) is 2.05. The Morgan fingerprint density at radius 3 is 2.62 bits per heavy atom. The zero-order valence-electron chi connectivity index (χ0n) is 14.2. The molecule has 1 amide bonds. The highest BCUT2D eigenvalue weighted by Crippen LogP contribution is 2.29. The van der Waals surface area contributed by atoms with Gasteiger partial charge >= 0.3 is 0 Å². The molecule has 0 atom stereocenters. The highest BCUT2D eigenvalue weighted by Gasteiger charge is 2.12. The van der Waals surface area contributed by atoms with Gasteiger partial charge in [-0.3, -0.25) is 4.79 Å². The van der Waals surface area contributed by atoms with Crippen molar-refractivity contribution in [2.45, 2.75) is 26.7 Å². The molecule has 0 fully saturated rings. The highest BCUT2D eigenvalue weighted by molar-refractivity contribution is 9.10. The Morgan fingerprint density at radius 1 is 1.17 bits per heavy atom. The number of amides is 1. The van der Waals surface area contributed by atoms with Crippen molar-refractivity contribution in [3.8, 4) is 11.5 Å². The molecule has 0 spiro atoms. The quantitative estimate of drug-likeness (QED) is 0.659. The van der Waals surface area contributed by atoms with Crippen LogP contribution < -0.4 is 14.8 Å². The van der Waals surface area contributed by atoms with E-state index in [1.54, 1.807) is 25.3 Å². The lowest BCUT2D eigenvalue weighted by atomic mass is 10.1. The van der Waals surface area contributed by atoms with Gasteiger partial charge < -0.3 is 14.8 Å². The molecule has 0 aliphatic rings. The number of halogens is 1. The first-order chi connectivity index (χ1) is 11.5. The number of unbranched alkanes of at least 4 members (excludes halogenated alkanes) is 1. The summed E-state index contributed by atoms with van der Waals surface area (Å²) < 4.78 is 12.0. The van der Waals surface area contributed by atoms with Gasteiger partial charge in [0.1, 0.15) is 0 Å². The highest BCUT2D eigenvalue weighted by atomic mass is 79.9. The summed E-state index contributed by atoms with van der Waals surface area (Å²) in [7, 11) is 1.57. The molecule has 0 bridgehead atoms. The first kappa shape index (κ1) is 18.3. The van der Waals surface area contributed by atoms with E-state index in [9.17, 15) is 4.79 Å². The number of nitrogens with one attached hydrogen (secondary N) is 1. The van der Waals surface area contributed by atoms with Gasteiger partial charge in [-0.15, -0.1) is 0 Å². The smallest absolute Gasteiger partial charge is 0.255 e. The third-order valence-electron chi connectivity index (χ3n) is 3.60. The summed E-state index contributed by atoms with van der Waals surface area (Å²) in [5.74, 6) is 1.03. The van der Waals surface area contributed by atoms with Gasteiger partial charge in [-0.2, -0.15) is 0 Å². The van der Waals surface area contributed by atoms with Crippen molar-refractivity contribution in [1.82, 2.24) is 0 Å². The van der Waals surface area contributed by atoms with Crippen molar-refractivity contribution in [2.24, 2.45) is 0 Å². The molecule has 24 heavy (non-hydrogen) atoms. The number of rotatable bonds is 7. The fourth-order valence-electron chi connectivity index (χ4n) is 2.18. The number of aryl methyl sites for hydroxylation is 1. The van der Waals surface area contributed by atoms with Gasteiger partial charge in [0.2, 0.25) is 0 Å². The molecule has 0 aliphatic heterocycles. The van der Waals surface area contributed by atoms with E-state index < -0.39 is 0 Å². The fourth-order valence-corrected chi connectivity index (χ4v) is 2.43. The Hall–Kier alpha value is -2.01. The largest absolute Gasteiger partial charge is 0.493 e. The van der Waals surface area contributed by atoms with E-state index in [2.05, 4.69) is 28.2 Å². The molecular formula is C19H22BrNO3. The Balaban J connectivity index is 2.12. The summed E-state index contributed by atoms with van der Waals surface area (Å²) in [5, 5.41) is 2.89. The molecular weight excluding hydrogens is 370 g/mol. The van der Waals surface area contributed by atoms with Crippen LogP contribution in [0, 0.1) is 6.92 Å². The van der Waals surface area contributed by atoms with Gasteiger partial charge in [0.05, 0.1) is 13.7 Å². The number of methoxy groups -OCH3 is 1. The van der Waals surface area contributed by atoms with Crippen molar-refractivity contribution in [1.29, 1.82) is 0 Å². The number of carbonyl (C=O) groups is 1. The van der Waals surface area contributed by atoms with Crippen LogP contribution in [0.4, 0.5) is 5.69 Å². The van der Waals surface area contributed by atoms with Crippen LogP contribution in [0.2, 0.25) is 0 Å². The second-order valence-corrected chi connectivity index (χ2v) is 6.34. The molecule has 0 radical (unpaired) electrons. The zero-order chi connectivity index (χ0) is 17.5. The number of anilines is 1. The van der Waals surface area contributed by atoms with Crippen LogP contribution in [0.3, 0.4) is 0 Å². The van der Waals surface area contributed by atoms with E-state index in [0.29, 0.717) is 23.7 Å².